The van der Waals surface area contributed by atoms with E-state index in [1.165, 1.54) is 13.8 Å². The van der Waals surface area contributed by atoms with Crippen molar-refractivity contribution < 1.29 is 14.4 Å². The number of ketones is 3. The van der Waals surface area contributed by atoms with Gasteiger partial charge in [-0.25, -0.2) is 0 Å². The number of benzene rings is 2. The SMILES string of the molecule is CC(C)=O.O=C1c2ccccc2C(=O)c2ccccc21. The Morgan fingerprint density at radius 2 is 0.850 bits per heavy atom. The highest BCUT2D eigenvalue weighted by atomic mass is 16.1. The Labute approximate surface area is 117 Å². The molecule has 1 aliphatic carbocycles. The van der Waals surface area contributed by atoms with Crippen molar-refractivity contribution in [1.82, 2.24) is 0 Å². The van der Waals surface area contributed by atoms with Gasteiger partial charge in [0.1, 0.15) is 5.78 Å². The van der Waals surface area contributed by atoms with Gasteiger partial charge in [0.05, 0.1) is 0 Å². The molecule has 3 nitrogen and oxygen atoms in total. The lowest BCUT2D eigenvalue weighted by molar-refractivity contribution is -0.115. The number of hydrogen-bond acceptors (Lipinski definition) is 3. The molecule has 0 aliphatic heterocycles. The number of Topliss-reactive ketones (excluding diaryl/α,β-unsaturated/α-hetero) is 1. The van der Waals surface area contributed by atoms with E-state index >= 15 is 0 Å². The summed E-state index contributed by atoms with van der Waals surface area (Å²) in [6, 6.07) is 13.9. The summed E-state index contributed by atoms with van der Waals surface area (Å²) >= 11 is 0. The number of carbonyl (C=O) groups excluding carboxylic acids is 3. The first kappa shape index (κ1) is 13.9. The van der Waals surface area contributed by atoms with Crippen LogP contribution in [0, 0.1) is 0 Å². The van der Waals surface area contributed by atoms with E-state index in [-0.39, 0.29) is 17.3 Å². The third kappa shape index (κ3) is 2.57. The molecule has 0 atom stereocenters. The van der Waals surface area contributed by atoms with Gasteiger partial charge in [-0.2, -0.15) is 0 Å². The zero-order valence-electron chi connectivity index (χ0n) is 11.3. The van der Waals surface area contributed by atoms with Crippen LogP contribution in [0.5, 0.6) is 0 Å². The van der Waals surface area contributed by atoms with Crippen molar-refractivity contribution in [2.24, 2.45) is 0 Å². The summed E-state index contributed by atoms with van der Waals surface area (Å²) in [5, 5.41) is 0. The van der Waals surface area contributed by atoms with Gasteiger partial charge in [-0.05, 0) is 13.8 Å². The Bertz CT molecular complexity index is 589. The van der Waals surface area contributed by atoms with Crippen molar-refractivity contribution in [2.75, 3.05) is 0 Å². The van der Waals surface area contributed by atoms with Crippen LogP contribution in [-0.4, -0.2) is 17.3 Å². The van der Waals surface area contributed by atoms with Crippen LogP contribution >= 0.6 is 0 Å². The van der Waals surface area contributed by atoms with Crippen molar-refractivity contribution in [2.45, 2.75) is 13.8 Å². The van der Waals surface area contributed by atoms with E-state index in [0.717, 1.165) is 0 Å². The first-order valence-electron chi connectivity index (χ1n) is 6.27. The van der Waals surface area contributed by atoms with Gasteiger partial charge in [0, 0.05) is 22.3 Å². The second-order valence-electron chi connectivity index (χ2n) is 4.66. The monoisotopic (exact) mass is 266 g/mol. The van der Waals surface area contributed by atoms with Crippen LogP contribution in [0.3, 0.4) is 0 Å². The Hall–Kier alpha value is -2.55. The van der Waals surface area contributed by atoms with Gasteiger partial charge < -0.3 is 4.79 Å². The maximum atomic E-state index is 12.1. The summed E-state index contributed by atoms with van der Waals surface area (Å²) in [5.74, 6) is 0.0385. The molecule has 20 heavy (non-hydrogen) atoms. The fourth-order valence-electron chi connectivity index (χ4n) is 2.05. The topological polar surface area (TPSA) is 51.2 Å². The molecule has 0 spiro atoms. The zero-order chi connectivity index (χ0) is 14.7. The third-order valence-corrected chi connectivity index (χ3v) is 2.83. The van der Waals surface area contributed by atoms with Gasteiger partial charge in [-0.1, -0.05) is 48.5 Å². The van der Waals surface area contributed by atoms with E-state index in [4.69, 9.17) is 0 Å². The van der Waals surface area contributed by atoms with Crippen molar-refractivity contribution in [1.29, 1.82) is 0 Å². The van der Waals surface area contributed by atoms with E-state index in [0.29, 0.717) is 22.3 Å². The molecule has 1 aliphatic rings. The van der Waals surface area contributed by atoms with Crippen LogP contribution in [0.1, 0.15) is 45.7 Å². The fourth-order valence-corrected chi connectivity index (χ4v) is 2.05. The summed E-state index contributed by atoms with van der Waals surface area (Å²) in [7, 11) is 0. The maximum Gasteiger partial charge on any atom is 0.194 e. The molecule has 2 aromatic rings. The van der Waals surface area contributed by atoms with Gasteiger partial charge >= 0.3 is 0 Å². The van der Waals surface area contributed by atoms with Crippen LogP contribution in [0.15, 0.2) is 48.5 Å². The second-order valence-corrected chi connectivity index (χ2v) is 4.66. The summed E-state index contributed by atoms with van der Waals surface area (Å²) < 4.78 is 0. The molecule has 0 amide bonds. The lowest BCUT2D eigenvalue weighted by Gasteiger charge is -2.16. The minimum atomic E-state index is -0.0641. The van der Waals surface area contributed by atoms with Gasteiger partial charge in [0.25, 0.3) is 0 Å². The molecule has 0 heterocycles. The van der Waals surface area contributed by atoms with E-state index < -0.39 is 0 Å². The fraction of sp³-hybridized carbons (Fsp3) is 0.118. The molecule has 3 rings (SSSR count). The highest BCUT2D eigenvalue weighted by molar-refractivity contribution is 6.28. The van der Waals surface area contributed by atoms with E-state index in [1.54, 1.807) is 48.5 Å². The average Bonchev–Trinajstić information content (AvgIpc) is 2.44. The molecule has 100 valence electrons. The predicted octanol–water partition coefficient (Wildman–Crippen LogP) is 3.06. The number of fused-ring (bicyclic) bond motifs is 2. The average molecular weight is 266 g/mol. The van der Waals surface area contributed by atoms with Crippen LogP contribution in [0.2, 0.25) is 0 Å². The van der Waals surface area contributed by atoms with E-state index in [2.05, 4.69) is 0 Å². The highest BCUT2D eigenvalue weighted by Crippen LogP contribution is 2.26. The largest absolute Gasteiger partial charge is 0.300 e. The van der Waals surface area contributed by atoms with Crippen molar-refractivity contribution in [3.8, 4) is 0 Å². The molecule has 0 saturated carbocycles. The van der Waals surface area contributed by atoms with Crippen molar-refractivity contribution >= 4 is 17.3 Å². The molecule has 0 bridgehead atoms. The molecule has 0 unspecified atom stereocenters. The lowest BCUT2D eigenvalue weighted by Crippen LogP contribution is -2.20. The minimum Gasteiger partial charge on any atom is -0.300 e. The van der Waals surface area contributed by atoms with Gasteiger partial charge in [0.15, 0.2) is 11.6 Å². The van der Waals surface area contributed by atoms with E-state index in [9.17, 15) is 14.4 Å². The predicted molar refractivity (Wildman–Crippen MR) is 76.1 cm³/mol. The Morgan fingerprint density at radius 1 is 0.650 bits per heavy atom. The Kier molecular flexibility index (Phi) is 3.89. The van der Waals surface area contributed by atoms with Crippen molar-refractivity contribution in [3.05, 3.63) is 70.8 Å². The standard InChI is InChI=1S/C14H8O2.C3H6O/c15-13-9-5-1-2-6-10(9)14(16)12-8-4-3-7-11(12)13;1-3(2)4/h1-8H;1-2H3. The number of rotatable bonds is 0. The first-order chi connectivity index (χ1) is 9.52. The zero-order valence-corrected chi connectivity index (χ0v) is 11.3. The molecule has 0 radical (unpaired) electrons. The molecule has 0 N–H and O–H groups in total. The minimum absolute atomic E-state index is 0.0641. The Balaban J connectivity index is 0.000000328. The van der Waals surface area contributed by atoms with Crippen LogP contribution in [-0.2, 0) is 4.79 Å². The lowest BCUT2D eigenvalue weighted by atomic mass is 9.84. The summed E-state index contributed by atoms with van der Waals surface area (Å²) in [6.45, 7) is 3.06. The summed E-state index contributed by atoms with van der Waals surface area (Å²) in [6.07, 6.45) is 0. The van der Waals surface area contributed by atoms with E-state index in [1.807, 2.05) is 0 Å². The van der Waals surface area contributed by atoms with Gasteiger partial charge in [0.2, 0.25) is 0 Å². The summed E-state index contributed by atoms with van der Waals surface area (Å²) in [5.41, 5.74) is 2.02. The van der Waals surface area contributed by atoms with Crippen LogP contribution in [0.4, 0.5) is 0 Å². The van der Waals surface area contributed by atoms with Crippen LogP contribution < -0.4 is 0 Å². The van der Waals surface area contributed by atoms with Crippen LogP contribution in [0.25, 0.3) is 0 Å². The third-order valence-electron chi connectivity index (χ3n) is 2.83. The number of carbonyl (C=O) groups is 3. The number of hydrogen-bond donors (Lipinski definition) is 0. The molecule has 0 saturated heterocycles. The quantitative estimate of drug-likeness (QED) is 0.628. The first-order valence-corrected chi connectivity index (χ1v) is 6.27. The molecular weight excluding hydrogens is 252 g/mol. The molecular formula is C17H14O3. The normalized spacial score (nSPS) is 11.9. The van der Waals surface area contributed by atoms with Crippen molar-refractivity contribution in [3.63, 3.8) is 0 Å². The molecule has 0 aromatic heterocycles. The highest BCUT2D eigenvalue weighted by Gasteiger charge is 2.28. The maximum absolute atomic E-state index is 12.1. The molecule has 3 heteroatoms. The molecule has 0 fully saturated rings. The van der Waals surface area contributed by atoms with Gasteiger partial charge in [-0.3, -0.25) is 9.59 Å². The van der Waals surface area contributed by atoms with Gasteiger partial charge in [-0.15, -0.1) is 0 Å². The summed E-state index contributed by atoms with van der Waals surface area (Å²) in [4.78, 5) is 33.6. The Morgan fingerprint density at radius 3 is 1.05 bits per heavy atom. The smallest absolute Gasteiger partial charge is 0.194 e. The second kappa shape index (κ2) is 5.61. The molecule has 2 aromatic carbocycles.